The Balaban J connectivity index is 2.11. The fourth-order valence-corrected chi connectivity index (χ4v) is 2.25. The van der Waals surface area contributed by atoms with E-state index in [1.54, 1.807) is 0 Å². The molecule has 0 saturated heterocycles. The van der Waals surface area contributed by atoms with Gasteiger partial charge in [-0.05, 0) is 37.3 Å². The Hall–Kier alpha value is -2.68. The highest BCUT2D eigenvalue weighted by Gasteiger charge is 2.33. The molecule has 144 valence electrons. The summed E-state index contributed by atoms with van der Waals surface area (Å²) in [5.74, 6) is -4.80. The molecule has 0 aliphatic heterocycles. The van der Waals surface area contributed by atoms with Gasteiger partial charge < -0.3 is 10.1 Å². The van der Waals surface area contributed by atoms with E-state index in [0.29, 0.717) is 6.07 Å². The van der Waals surface area contributed by atoms with Crippen LogP contribution in [0.2, 0.25) is 5.02 Å². The SMILES string of the molecule is C[C@@H](OC(=O)c1c(F)cccc1F)C(=O)Nc1ccc(Cl)c(C(F)(F)F)c1. The molecule has 0 fully saturated rings. The van der Waals surface area contributed by atoms with Crippen LogP contribution in [-0.2, 0) is 15.7 Å². The first-order chi connectivity index (χ1) is 12.5. The molecule has 0 aliphatic rings. The quantitative estimate of drug-likeness (QED) is 0.584. The first-order valence-corrected chi connectivity index (χ1v) is 7.71. The number of carbonyl (C=O) groups is 2. The number of carbonyl (C=O) groups excluding carboxylic acids is 2. The highest BCUT2D eigenvalue weighted by Crippen LogP contribution is 2.36. The molecule has 1 N–H and O–H groups in total. The van der Waals surface area contributed by atoms with Crippen molar-refractivity contribution in [1.82, 2.24) is 0 Å². The van der Waals surface area contributed by atoms with Crippen molar-refractivity contribution in [3.05, 3.63) is 64.2 Å². The van der Waals surface area contributed by atoms with Gasteiger partial charge in [0.2, 0.25) is 0 Å². The normalized spacial score (nSPS) is 12.4. The number of alkyl halides is 3. The maximum absolute atomic E-state index is 13.5. The summed E-state index contributed by atoms with van der Waals surface area (Å²) in [7, 11) is 0. The molecule has 0 saturated carbocycles. The number of ether oxygens (including phenoxy) is 1. The lowest BCUT2D eigenvalue weighted by Crippen LogP contribution is -2.30. The van der Waals surface area contributed by atoms with Crippen LogP contribution >= 0.6 is 11.6 Å². The fourth-order valence-electron chi connectivity index (χ4n) is 2.03. The van der Waals surface area contributed by atoms with Gasteiger partial charge in [0, 0.05) is 5.69 Å². The van der Waals surface area contributed by atoms with Crippen LogP contribution in [0.25, 0.3) is 0 Å². The van der Waals surface area contributed by atoms with Crippen LogP contribution in [-0.4, -0.2) is 18.0 Å². The number of anilines is 1. The van der Waals surface area contributed by atoms with Crippen molar-refractivity contribution in [3.8, 4) is 0 Å². The van der Waals surface area contributed by atoms with Gasteiger partial charge in [-0.2, -0.15) is 13.2 Å². The molecule has 2 rings (SSSR count). The summed E-state index contributed by atoms with van der Waals surface area (Å²) in [6.07, 6.45) is -6.28. The van der Waals surface area contributed by atoms with Crippen molar-refractivity contribution >= 4 is 29.2 Å². The summed E-state index contributed by atoms with van der Waals surface area (Å²) in [6.45, 7) is 1.09. The van der Waals surface area contributed by atoms with E-state index < -0.39 is 51.9 Å². The number of nitrogens with one attached hydrogen (secondary N) is 1. The minimum Gasteiger partial charge on any atom is -0.449 e. The number of hydrogen-bond donors (Lipinski definition) is 1. The van der Waals surface area contributed by atoms with Crippen LogP contribution < -0.4 is 5.32 Å². The van der Waals surface area contributed by atoms with Crippen molar-refractivity contribution in [2.24, 2.45) is 0 Å². The van der Waals surface area contributed by atoms with E-state index in [-0.39, 0.29) is 5.69 Å². The first kappa shape index (κ1) is 20.6. The lowest BCUT2D eigenvalue weighted by atomic mass is 10.2. The molecular formula is C17H11ClF5NO3. The van der Waals surface area contributed by atoms with E-state index in [9.17, 15) is 31.5 Å². The molecule has 0 heterocycles. The maximum Gasteiger partial charge on any atom is 0.417 e. The molecular weight excluding hydrogens is 397 g/mol. The monoisotopic (exact) mass is 407 g/mol. The number of halogens is 6. The zero-order chi connectivity index (χ0) is 20.4. The van der Waals surface area contributed by atoms with Crippen molar-refractivity contribution in [2.75, 3.05) is 5.32 Å². The third-order valence-electron chi connectivity index (χ3n) is 3.36. The number of benzene rings is 2. The number of esters is 1. The third kappa shape index (κ3) is 4.94. The second kappa shape index (κ2) is 7.91. The Labute approximate surface area is 154 Å². The van der Waals surface area contributed by atoms with Gasteiger partial charge in [0.15, 0.2) is 6.10 Å². The average molecular weight is 408 g/mol. The van der Waals surface area contributed by atoms with Gasteiger partial charge in [0.1, 0.15) is 17.2 Å². The van der Waals surface area contributed by atoms with Crippen LogP contribution in [0.3, 0.4) is 0 Å². The van der Waals surface area contributed by atoms with Gasteiger partial charge in [-0.15, -0.1) is 0 Å². The zero-order valence-corrected chi connectivity index (χ0v) is 14.3. The second-order valence-electron chi connectivity index (χ2n) is 5.33. The Morgan fingerprint density at radius 3 is 2.26 bits per heavy atom. The highest BCUT2D eigenvalue weighted by molar-refractivity contribution is 6.31. The summed E-state index contributed by atoms with van der Waals surface area (Å²) in [6, 6.07) is 5.35. The van der Waals surface area contributed by atoms with Crippen LogP contribution in [0.1, 0.15) is 22.8 Å². The van der Waals surface area contributed by atoms with E-state index in [0.717, 1.165) is 37.3 Å². The predicted octanol–water partition coefficient (Wildman–Crippen LogP) is 4.82. The average Bonchev–Trinajstić information content (AvgIpc) is 2.55. The Kier molecular flexibility index (Phi) is 6.04. The molecule has 0 aliphatic carbocycles. The minimum atomic E-state index is -4.74. The first-order valence-electron chi connectivity index (χ1n) is 7.33. The second-order valence-corrected chi connectivity index (χ2v) is 5.73. The van der Waals surface area contributed by atoms with E-state index in [1.165, 1.54) is 0 Å². The van der Waals surface area contributed by atoms with Gasteiger partial charge in [0.25, 0.3) is 5.91 Å². The van der Waals surface area contributed by atoms with Crippen molar-refractivity contribution in [2.45, 2.75) is 19.2 Å². The number of hydrogen-bond acceptors (Lipinski definition) is 3. The molecule has 0 bridgehead atoms. The molecule has 1 amide bonds. The Morgan fingerprint density at radius 2 is 1.70 bits per heavy atom. The summed E-state index contributed by atoms with van der Waals surface area (Å²) < 4.78 is 70.2. The van der Waals surface area contributed by atoms with E-state index in [1.807, 2.05) is 0 Å². The molecule has 2 aromatic rings. The minimum absolute atomic E-state index is 0.253. The molecule has 4 nitrogen and oxygen atoms in total. The molecule has 0 radical (unpaired) electrons. The van der Waals surface area contributed by atoms with Gasteiger partial charge in [-0.3, -0.25) is 4.79 Å². The van der Waals surface area contributed by atoms with E-state index in [2.05, 4.69) is 10.1 Å². The Morgan fingerprint density at radius 1 is 1.11 bits per heavy atom. The van der Waals surface area contributed by atoms with Crippen molar-refractivity contribution in [3.63, 3.8) is 0 Å². The Bertz CT molecular complexity index is 865. The summed E-state index contributed by atoms with van der Waals surface area (Å²) in [4.78, 5) is 23.8. The van der Waals surface area contributed by atoms with E-state index >= 15 is 0 Å². The largest absolute Gasteiger partial charge is 0.449 e. The fraction of sp³-hybridized carbons (Fsp3) is 0.176. The smallest absolute Gasteiger partial charge is 0.417 e. The van der Waals surface area contributed by atoms with Crippen LogP contribution in [0.5, 0.6) is 0 Å². The topological polar surface area (TPSA) is 55.4 Å². The summed E-state index contributed by atoms with van der Waals surface area (Å²) >= 11 is 5.47. The number of rotatable bonds is 4. The lowest BCUT2D eigenvalue weighted by Gasteiger charge is -2.15. The van der Waals surface area contributed by atoms with Gasteiger partial charge in [-0.1, -0.05) is 17.7 Å². The third-order valence-corrected chi connectivity index (χ3v) is 3.69. The lowest BCUT2D eigenvalue weighted by molar-refractivity contribution is -0.137. The zero-order valence-electron chi connectivity index (χ0n) is 13.5. The van der Waals surface area contributed by atoms with Gasteiger partial charge in [0.05, 0.1) is 10.6 Å². The standard InChI is InChI=1S/C17H11ClF5NO3/c1-8(27-16(26)14-12(19)3-2-4-13(14)20)15(25)24-9-5-6-11(18)10(7-9)17(21,22)23/h2-8H,1H3,(H,24,25)/t8-/m1/s1. The predicted molar refractivity (Wildman–Crippen MR) is 86.3 cm³/mol. The van der Waals surface area contributed by atoms with Gasteiger partial charge >= 0.3 is 12.1 Å². The molecule has 1 atom stereocenters. The maximum atomic E-state index is 13.5. The van der Waals surface area contributed by atoms with Crippen LogP contribution in [0.4, 0.5) is 27.6 Å². The molecule has 2 aromatic carbocycles. The van der Waals surface area contributed by atoms with Crippen LogP contribution in [0, 0.1) is 11.6 Å². The summed E-state index contributed by atoms with van der Waals surface area (Å²) in [5, 5.41) is 1.54. The number of amides is 1. The van der Waals surface area contributed by atoms with Crippen LogP contribution in [0.15, 0.2) is 36.4 Å². The highest BCUT2D eigenvalue weighted by atomic mass is 35.5. The summed E-state index contributed by atoms with van der Waals surface area (Å²) in [5.41, 5.74) is -2.40. The molecule has 0 unspecified atom stereocenters. The van der Waals surface area contributed by atoms with Crippen molar-refractivity contribution in [1.29, 1.82) is 0 Å². The van der Waals surface area contributed by atoms with Crippen molar-refractivity contribution < 1.29 is 36.3 Å². The molecule has 0 spiro atoms. The van der Waals surface area contributed by atoms with E-state index in [4.69, 9.17) is 11.6 Å². The molecule has 10 heteroatoms. The molecule has 0 aromatic heterocycles. The molecule has 27 heavy (non-hydrogen) atoms. The van der Waals surface area contributed by atoms with Gasteiger partial charge in [-0.25, -0.2) is 13.6 Å².